The Morgan fingerprint density at radius 2 is 1.87 bits per heavy atom. The van der Waals surface area contributed by atoms with E-state index < -0.39 is 27.3 Å². The van der Waals surface area contributed by atoms with Crippen LogP contribution in [0.4, 0.5) is 10.5 Å². The first-order valence-corrected chi connectivity index (χ1v) is 13.8. The normalized spacial score (nSPS) is 12.5. The van der Waals surface area contributed by atoms with Crippen molar-refractivity contribution in [3.05, 3.63) is 70.4 Å². The third-order valence-corrected chi connectivity index (χ3v) is 7.15. The maximum atomic E-state index is 13.4. The molecular formula is C27H27ClN4O6S. The topological polar surface area (TPSA) is 140 Å². The van der Waals surface area contributed by atoms with E-state index >= 15 is 0 Å². The van der Waals surface area contributed by atoms with Crippen LogP contribution in [-0.4, -0.2) is 40.2 Å². The molecule has 0 aliphatic carbocycles. The van der Waals surface area contributed by atoms with Gasteiger partial charge in [0.1, 0.15) is 11.2 Å². The van der Waals surface area contributed by atoms with Crippen molar-refractivity contribution in [2.24, 2.45) is 4.36 Å². The van der Waals surface area contributed by atoms with E-state index in [-0.39, 0.29) is 38.5 Å². The van der Waals surface area contributed by atoms with E-state index in [1.165, 1.54) is 49.9 Å². The molecule has 0 saturated heterocycles. The lowest BCUT2D eigenvalue weighted by molar-refractivity contribution is 0.0607. The van der Waals surface area contributed by atoms with Gasteiger partial charge in [-0.15, -0.1) is 4.36 Å². The van der Waals surface area contributed by atoms with E-state index in [1.807, 2.05) is 6.07 Å². The number of ether oxygens (including phenoxy) is 3. The lowest BCUT2D eigenvalue weighted by Gasteiger charge is -2.17. The van der Waals surface area contributed by atoms with Crippen LogP contribution in [0.15, 0.2) is 57.9 Å². The standard InChI is InChI=1S/C27H27ClN4O6S/c1-16-20(28)15-30-25(37-21-11-10-17(14-29)12-22(21)36-5)23(16)24(33)31-18-8-7-9-19(13-18)39(6,35)32-26(34)38-27(2,3)4/h7-13,15H,1-6H3,(H,31,33)/t39-/m1/s1. The Balaban J connectivity index is 1.95. The zero-order valence-corrected chi connectivity index (χ0v) is 23.8. The van der Waals surface area contributed by atoms with Crippen molar-refractivity contribution in [2.75, 3.05) is 18.7 Å². The Labute approximate surface area is 232 Å². The molecule has 2 amide bonds. The summed E-state index contributed by atoms with van der Waals surface area (Å²) in [6, 6.07) is 12.7. The Kier molecular flexibility index (Phi) is 8.84. The van der Waals surface area contributed by atoms with E-state index in [0.29, 0.717) is 11.1 Å². The Bertz CT molecular complexity index is 1600. The largest absolute Gasteiger partial charge is 0.493 e. The first-order valence-electron chi connectivity index (χ1n) is 11.5. The number of carbonyl (C=O) groups excluding carboxylic acids is 2. The molecule has 3 aromatic rings. The van der Waals surface area contributed by atoms with Gasteiger partial charge in [-0.25, -0.2) is 14.0 Å². The van der Waals surface area contributed by atoms with Crippen molar-refractivity contribution in [1.82, 2.24) is 4.98 Å². The lowest BCUT2D eigenvalue weighted by atomic mass is 10.1. The number of rotatable bonds is 6. The molecule has 3 rings (SSSR count). The molecule has 0 bridgehead atoms. The van der Waals surface area contributed by atoms with Gasteiger partial charge in [0.25, 0.3) is 5.91 Å². The molecule has 1 heterocycles. The number of carbonyl (C=O) groups is 2. The smallest absolute Gasteiger partial charge is 0.442 e. The fourth-order valence-electron chi connectivity index (χ4n) is 3.31. The Morgan fingerprint density at radius 3 is 2.51 bits per heavy atom. The van der Waals surface area contributed by atoms with Crippen LogP contribution in [0.5, 0.6) is 17.4 Å². The van der Waals surface area contributed by atoms with Crippen LogP contribution >= 0.6 is 11.6 Å². The van der Waals surface area contributed by atoms with Gasteiger partial charge in [-0.05, 0) is 63.6 Å². The summed E-state index contributed by atoms with van der Waals surface area (Å²) in [6.45, 7) is 6.67. The maximum Gasteiger partial charge on any atom is 0.442 e. The number of nitriles is 1. The number of pyridine rings is 1. The van der Waals surface area contributed by atoms with E-state index in [1.54, 1.807) is 39.8 Å². The molecule has 0 unspecified atom stereocenters. The SMILES string of the molecule is COc1cc(C#N)ccc1Oc1ncc(Cl)c(C)c1C(=O)Nc1cccc([S@@](C)(=O)=NC(=O)OC(C)(C)C)c1. The van der Waals surface area contributed by atoms with Gasteiger partial charge in [0.2, 0.25) is 5.88 Å². The summed E-state index contributed by atoms with van der Waals surface area (Å²) in [5.74, 6) is -0.146. The Hall–Kier alpha value is -4.14. The summed E-state index contributed by atoms with van der Waals surface area (Å²) in [7, 11) is -1.76. The molecule has 1 atom stereocenters. The second-order valence-electron chi connectivity index (χ2n) is 9.35. The predicted octanol–water partition coefficient (Wildman–Crippen LogP) is 6.36. The highest BCUT2D eigenvalue weighted by Gasteiger charge is 2.23. The molecule has 0 aliphatic heterocycles. The average Bonchev–Trinajstić information content (AvgIpc) is 2.85. The molecule has 12 heteroatoms. The fourth-order valence-corrected chi connectivity index (χ4v) is 4.55. The number of benzene rings is 2. The number of amides is 2. The van der Waals surface area contributed by atoms with E-state index in [2.05, 4.69) is 14.7 Å². The minimum Gasteiger partial charge on any atom is -0.493 e. The van der Waals surface area contributed by atoms with Gasteiger partial charge in [0.15, 0.2) is 11.5 Å². The van der Waals surface area contributed by atoms with E-state index in [4.69, 9.17) is 31.1 Å². The molecule has 0 spiro atoms. The molecule has 0 aliphatic rings. The van der Waals surface area contributed by atoms with Crippen LogP contribution < -0.4 is 14.8 Å². The van der Waals surface area contributed by atoms with E-state index in [9.17, 15) is 13.8 Å². The number of halogens is 1. The summed E-state index contributed by atoms with van der Waals surface area (Å²) in [5.41, 5.74) is 0.309. The summed E-state index contributed by atoms with van der Waals surface area (Å²) in [5, 5.41) is 12.1. The molecule has 2 aromatic carbocycles. The van der Waals surface area contributed by atoms with Crippen molar-refractivity contribution < 1.29 is 28.0 Å². The third-order valence-electron chi connectivity index (χ3n) is 5.14. The molecule has 39 heavy (non-hydrogen) atoms. The monoisotopic (exact) mass is 570 g/mol. The van der Waals surface area contributed by atoms with Crippen LogP contribution in [0.2, 0.25) is 5.02 Å². The highest BCUT2D eigenvalue weighted by atomic mass is 35.5. The molecule has 204 valence electrons. The lowest BCUT2D eigenvalue weighted by Crippen LogP contribution is -2.22. The van der Waals surface area contributed by atoms with Gasteiger partial charge in [-0.3, -0.25) is 4.79 Å². The van der Waals surface area contributed by atoms with Gasteiger partial charge in [0, 0.05) is 29.1 Å². The number of aromatic nitrogens is 1. The number of nitrogens with one attached hydrogen (secondary N) is 1. The van der Waals surface area contributed by atoms with Crippen molar-refractivity contribution in [1.29, 1.82) is 5.26 Å². The van der Waals surface area contributed by atoms with Gasteiger partial charge in [-0.1, -0.05) is 17.7 Å². The maximum absolute atomic E-state index is 13.4. The van der Waals surface area contributed by atoms with Crippen LogP contribution in [0.3, 0.4) is 0 Å². The van der Waals surface area contributed by atoms with Gasteiger partial charge >= 0.3 is 6.09 Å². The van der Waals surface area contributed by atoms with Crippen LogP contribution in [-0.2, 0) is 14.5 Å². The van der Waals surface area contributed by atoms with Crippen molar-refractivity contribution in [3.63, 3.8) is 0 Å². The molecule has 0 fully saturated rings. The highest BCUT2D eigenvalue weighted by Crippen LogP contribution is 2.35. The zero-order chi connectivity index (χ0) is 29.0. The molecular weight excluding hydrogens is 544 g/mol. The first kappa shape index (κ1) is 29.4. The summed E-state index contributed by atoms with van der Waals surface area (Å²) < 4.78 is 33.3. The summed E-state index contributed by atoms with van der Waals surface area (Å²) in [4.78, 5) is 30.0. The third kappa shape index (κ3) is 7.46. The van der Waals surface area contributed by atoms with Crippen molar-refractivity contribution in [2.45, 2.75) is 38.2 Å². The molecule has 1 aromatic heterocycles. The number of anilines is 1. The second kappa shape index (κ2) is 11.7. The molecule has 1 N–H and O–H groups in total. The van der Waals surface area contributed by atoms with E-state index in [0.717, 1.165) is 0 Å². The second-order valence-corrected chi connectivity index (χ2v) is 12.0. The number of nitrogens with zero attached hydrogens (tertiary/aromatic N) is 3. The van der Waals surface area contributed by atoms with Crippen molar-refractivity contribution in [3.8, 4) is 23.4 Å². The van der Waals surface area contributed by atoms with Crippen LogP contribution in [0.1, 0.15) is 42.3 Å². The van der Waals surface area contributed by atoms with Gasteiger partial charge in [0.05, 0.1) is 33.5 Å². The predicted molar refractivity (Wildman–Crippen MR) is 147 cm³/mol. The van der Waals surface area contributed by atoms with Crippen LogP contribution in [0, 0.1) is 18.3 Å². The van der Waals surface area contributed by atoms with Gasteiger partial charge < -0.3 is 19.5 Å². The average molecular weight is 571 g/mol. The zero-order valence-electron chi connectivity index (χ0n) is 22.2. The summed E-state index contributed by atoms with van der Waals surface area (Å²) in [6.07, 6.45) is 1.70. The minimum atomic E-state index is -3.18. The minimum absolute atomic E-state index is 0.0484. The highest BCUT2D eigenvalue weighted by molar-refractivity contribution is 7.93. The first-order chi connectivity index (χ1) is 18.2. The quantitative estimate of drug-likeness (QED) is 0.361. The molecule has 10 nitrogen and oxygen atoms in total. The van der Waals surface area contributed by atoms with Crippen molar-refractivity contribution >= 4 is 39.0 Å². The molecule has 0 radical (unpaired) electrons. The van der Waals surface area contributed by atoms with Crippen LogP contribution in [0.25, 0.3) is 0 Å². The molecule has 0 saturated carbocycles. The number of hydrogen-bond acceptors (Lipinski definition) is 8. The number of methoxy groups -OCH3 is 1. The van der Waals surface area contributed by atoms with Gasteiger partial charge in [-0.2, -0.15) is 5.26 Å². The Morgan fingerprint density at radius 1 is 1.15 bits per heavy atom. The fraction of sp³-hybridized carbons (Fsp3) is 0.259. The summed E-state index contributed by atoms with van der Waals surface area (Å²) >= 11 is 6.26. The number of hydrogen-bond donors (Lipinski definition) is 1.